The monoisotopic (exact) mass is 430 g/mol. The van der Waals surface area contributed by atoms with Gasteiger partial charge in [0.05, 0.1) is 10.6 Å². The van der Waals surface area contributed by atoms with E-state index in [-0.39, 0.29) is 16.8 Å². The van der Waals surface area contributed by atoms with Gasteiger partial charge >= 0.3 is 0 Å². The number of hydrogen-bond donors (Lipinski definition) is 2. The molecule has 0 spiro atoms. The maximum Gasteiger partial charge on any atom is 0.256 e. The Morgan fingerprint density at radius 3 is 2.48 bits per heavy atom. The molecule has 0 unspecified atom stereocenters. The van der Waals surface area contributed by atoms with Crippen LogP contribution in [0.4, 0.5) is 5.69 Å². The molecule has 29 heavy (non-hydrogen) atoms. The van der Waals surface area contributed by atoms with Gasteiger partial charge in [0.1, 0.15) is 0 Å². The maximum atomic E-state index is 13.0. The Bertz CT molecular complexity index is 1010. The van der Waals surface area contributed by atoms with Crippen molar-refractivity contribution in [2.24, 2.45) is 0 Å². The van der Waals surface area contributed by atoms with Crippen molar-refractivity contribution in [3.63, 3.8) is 0 Å². The van der Waals surface area contributed by atoms with E-state index in [9.17, 15) is 13.2 Å². The molecule has 154 valence electrons. The first-order valence-electron chi connectivity index (χ1n) is 10.1. The van der Waals surface area contributed by atoms with Gasteiger partial charge in [0, 0.05) is 21.8 Å². The predicted octanol–water partition coefficient (Wildman–Crippen LogP) is 4.72. The average molecular weight is 431 g/mol. The zero-order chi connectivity index (χ0) is 20.4. The minimum atomic E-state index is -3.60. The van der Waals surface area contributed by atoms with Crippen LogP contribution >= 0.6 is 11.8 Å². The van der Waals surface area contributed by atoms with Crippen molar-refractivity contribution in [2.75, 3.05) is 5.32 Å². The second-order valence-corrected chi connectivity index (χ2v) is 10.9. The van der Waals surface area contributed by atoms with E-state index in [2.05, 4.69) is 10.0 Å². The van der Waals surface area contributed by atoms with Crippen LogP contribution < -0.4 is 10.0 Å². The molecule has 2 N–H and O–H groups in total. The summed E-state index contributed by atoms with van der Waals surface area (Å²) < 4.78 is 27.7. The fraction of sp³-hybridized carbons (Fsp3) is 0.409. The zero-order valence-electron chi connectivity index (χ0n) is 16.5. The number of sulfonamides is 1. The van der Waals surface area contributed by atoms with E-state index < -0.39 is 10.0 Å². The minimum absolute atomic E-state index is 0.0260. The number of rotatable bonds is 7. The highest BCUT2D eigenvalue weighted by Crippen LogP contribution is 2.38. The second-order valence-electron chi connectivity index (χ2n) is 7.85. The molecule has 0 aliphatic heterocycles. The lowest BCUT2D eigenvalue weighted by atomic mass is 10.1. The average Bonchev–Trinajstić information content (AvgIpc) is 3.34. The summed E-state index contributed by atoms with van der Waals surface area (Å²) in [5.74, 6) is -0.287. The number of para-hydroxylation sites is 1. The quantitative estimate of drug-likeness (QED) is 0.666. The molecule has 2 aromatic carbocycles. The molecule has 0 bridgehead atoms. The highest BCUT2D eigenvalue weighted by atomic mass is 32.2. The molecular weight excluding hydrogens is 404 g/mol. The molecule has 2 fully saturated rings. The van der Waals surface area contributed by atoms with Crippen molar-refractivity contribution in [3.05, 3.63) is 53.6 Å². The lowest BCUT2D eigenvalue weighted by molar-refractivity contribution is 0.102. The largest absolute Gasteiger partial charge is 0.321 e. The third-order valence-corrected chi connectivity index (χ3v) is 8.33. The van der Waals surface area contributed by atoms with E-state index in [0.29, 0.717) is 10.8 Å². The smallest absolute Gasteiger partial charge is 0.256 e. The van der Waals surface area contributed by atoms with Gasteiger partial charge in [-0.3, -0.25) is 4.79 Å². The standard InChI is InChI=1S/C22H26N2O3S2/c1-15-10-13-18(29(26,27)24-16-11-12-16)14-19(15)22(25)23-20-8-4-5-9-21(20)28-17-6-2-3-7-17/h4-5,8-10,13-14,16-17,24H,2-3,6-7,11-12H2,1H3,(H,23,25). The first-order chi connectivity index (χ1) is 13.9. The third-order valence-electron chi connectivity index (χ3n) is 5.39. The Kier molecular flexibility index (Phi) is 5.99. The van der Waals surface area contributed by atoms with Crippen LogP contribution in [0.5, 0.6) is 0 Å². The van der Waals surface area contributed by atoms with Crippen LogP contribution in [0.1, 0.15) is 54.4 Å². The van der Waals surface area contributed by atoms with Gasteiger partial charge in [0.2, 0.25) is 10.0 Å². The Morgan fingerprint density at radius 1 is 1.03 bits per heavy atom. The summed E-state index contributed by atoms with van der Waals surface area (Å²) >= 11 is 1.82. The van der Waals surface area contributed by atoms with Gasteiger partial charge < -0.3 is 5.32 Å². The molecule has 2 saturated carbocycles. The number of carbonyl (C=O) groups excluding carboxylic acids is 1. The summed E-state index contributed by atoms with van der Waals surface area (Å²) in [5, 5.41) is 3.59. The molecule has 0 atom stereocenters. The number of anilines is 1. The van der Waals surface area contributed by atoms with Crippen molar-refractivity contribution in [1.82, 2.24) is 4.72 Å². The molecule has 4 rings (SSSR count). The Balaban J connectivity index is 1.55. The molecule has 1 amide bonds. The van der Waals surface area contributed by atoms with Crippen LogP contribution in [0.3, 0.4) is 0 Å². The first-order valence-corrected chi connectivity index (χ1v) is 12.5. The number of nitrogens with one attached hydrogen (secondary N) is 2. The molecule has 0 heterocycles. The lowest BCUT2D eigenvalue weighted by Gasteiger charge is -2.15. The Labute approximate surface area is 176 Å². The topological polar surface area (TPSA) is 75.3 Å². The summed E-state index contributed by atoms with van der Waals surface area (Å²) in [6.45, 7) is 1.82. The molecule has 2 aliphatic rings. The molecule has 0 aromatic heterocycles. The first kappa shape index (κ1) is 20.4. The lowest BCUT2D eigenvalue weighted by Crippen LogP contribution is -2.26. The summed E-state index contributed by atoms with van der Waals surface area (Å²) in [7, 11) is -3.60. The van der Waals surface area contributed by atoms with E-state index in [4.69, 9.17) is 0 Å². The summed E-state index contributed by atoms with van der Waals surface area (Å²) in [6, 6.07) is 12.6. The molecule has 0 saturated heterocycles. The number of carbonyl (C=O) groups is 1. The Hall–Kier alpha value is -1.83. The van der Waals surface area contributed by atoms with E-state index in [1.54, 1.807) is 12.1 Å². The van der Waals surface area contributed by atoms with Crippen molar-refractivity contribution in [2.45, 2.75) is 66.5 Å². The third kappa shape index (κ3) is 5.02. The highest BCUT2D eigenvalue weighted by molar-refractivity contribution is 8.00. The van der Waals surface area contributed by atoms with Crippen LogP contribution in [0, 0.1) is 6.92 Å². The predicted molar refractivity (Wildman–Crippen MR) is 117 cm³/mol. The number of benzene rings is 2. The molecule has 7 heteroatoms. The van der Waals surface area contributed by atoms with Gasteiger partial charge in [-0.1, -0.05) is 31.0 Å². The van der Waals surface area contributed by atoms with Gasteiger partial charge in [0.25, 0.3) is 5.91 Å². The fourth-order valence-electron chi connectivity index (χ4n) is 3.55. The van der Waals surface area contributed by atoms with Gasteiger partial charge in [-0.2, -0.15) is 0 Å². The summed E-state index contributed by atoms with van der Waals surface area (Å²) in [4.78, 5) is 14.2. The Morgan fingerprint density at radius 2 is 1.76 bits per heavy atom. The van der Waals surface area contributed by atoms with Gasteiger partial charge in [-0.25, -0.2) is 13.1 Å². The van der Waals surface area contributed by atoms with E-state index in [1.807, 2.05) is 43.0 Å². The van der Waals surface area contributed by atoms with Gasteiger partial charge in [-0.15, -0.1) is 11.8 Å². The SMILES string of the molecule is Cc1ccc(S(=O)(=O)NC2CC2)cc1C(=O)Nc1ccccc1SC1CCCC1. The van der Waals surface area contributed by atoms with Crippen LogP contribution in [0.2, 0.25) is 0 Å². The van der Waals surface area contributed by atoms with E-state index in [0.717, 1.165) is 29.0 Å². The van der Waals surface area contributed by atoms with Crippen LogP contribution in [-0.2, 0) is 10.0 Å². The fourth-order valence-corrected chi connectivity index (χ4v) is 6.21. The molecule has 2 aromatic rings. The summed E-state index contributed by atoms with van der Waals surface area (Å²) in [5.41, 5.74) is 1.90. The highest BCUT2D eigenvalue weighted by Gasteiger charge is 2.28. The number of aryl methyl sites for hydroxylation is 1. The number of amides is 1. The molecule has 5 nitrogen and oxygen atoms in total. The van der Waals surface area contributed by atoms with Crippen molar-refractivity contribution < 1.29 is 13.2 Å². The number of hydrogen-bond acceptors (Lipinski definition) is 4. The zero-order valence-corrected chi connectivity index (χ0v) is 18.1. The van der Waals surface area contributed by atoms with Crippen molar-refractivity contribution in [1.29, 1.82) is 0 Å². The van der Waals surface area contributed by atoms with Gasteiger partial charge in [0.15, 0.2) is 0 Å². The number of thioether (sulfide) groups is 1. The molecule has 0 radical (unpaired) electrons. The molecule has 2 aliphatic carbocycles. The van der Waals surface area contributed by atoms with Crippen molar-refractivity contribution >= 4 is 33.4 Å². The van der Waals surface area contributed by atoms with Crippen LogP contribution in [0.15, 0.2) is 52.3 Å². The molecular formula is C22H26N2O3S2. The van der Waals surface area contributed by atoms with E-state index >= 15 is 0 Å². The van der Waals surface area contributed by atoms with Crippen molar-refractivity contribution in [3.8, 4) is 0 Å². The maximum absolute atomic E-state index is 13.0. The minimum Gasteiger partial charge on any atom is -0.321 e. The van der Waals surface area contributed by atoms with E-state index in [1.165, 1.54) is 31.7 Å². The van der Waals surface area contributed by atoms with Gasteiger partial charge in [-0.05, 0) is 62.4 Å². The normalized spacial score (nSPS) is 17.4. The van der Waals surface area contributed by atoms with Crippen LogP contribution in [0.25, 0.3) is 0 Å². The van der Waals surface area contributed by atoms with Crippen LogP contribution in [-0.4, -0.2) is 25.6 Å². The summed E-state index contributed by atoms with van der Waals surface area (Å²) in [6.07, 6.45) is 6.69. The second kappa shape index (κ2) is 8.50.